The molecule has 2 aromatic heterocycles. The van der Waals surface area contributed by atoms with Gasteiger partial charge in [0.15, 0.2) is 5.43 Å². The monoisotopic (exact) mass is 471 g/mol. The minimum Gasteiger partial charge on any atom is -0.348 e. The maximum atomic E-state index is 13.5. The van der Waals surface area contributed by atoms with E-state index in [4.69, 9.17) is 0 Å². The van der Waals surface area contributed by atoms with E-state index < -0.39 is 23.1 Å². The molecular weight excluding hydrogens is 451 g/mol. The van der Waals surface area contributed by atoms with Crippen LogP contribution >= 0.6 is 11.8 Å². The molecule has 3 aromatic rings. The zero-order valence-corrected chi connectivity index (χ0v) is 18.5. The highest BCUT2D eigenvalue weighted by Gasteiger charge is 2.34. The van der Waals surface area contributed by atoms with Gasteiger partial charge in [-0.2, -0.15) is 13.2 Å². The van der Waals surface area contributed by atoms with Gasteiger partial charge in [-0.3, -0.25) is 14.6 Å². The number of aryl methyl sites for hydroxylation is 1. The fourth-order valence-electron chi connectivity index (χ4n) is 3.89. The normalized spacial score (nSPS) is 15.2. The van der Waals surface area contributed by atoms with Crippen LogP contribution in [-0.4, -0.2) is 22.0 Å². The second kappa shape index (κ2) is 8.90. The van der Waals surface area contributed by atoms with Gasteiger partial charge < -0.3 is 9.88 Å². The Morgan fingerprint density at radius 2 is 2.09 bits per heavy atom. The number of thioether (sulfide) groups is 1. The van der Waals surface area contributed by atoms with Crippen LogP contribution in [0.1, 0.15) is 38.3 Å². The zero-order valence-electron chi connectivity index (χ0n) is 17.6. The van der Waals surface area contributed by atoms with Crippen LogP contribution in [-0.2, 0) is 12.6 Å². The van der Waals surface area contributed by atoms with Crippen LogP contribution in [0.2, 0.25) is 0 Å². The summed E-state index contributed by atoms with van der Waals surface area (Å²) in [6.07, 6.45) is -1.19. The quantitative estimate of drug-likeness (QED) is 0.552. The van der Waals surface area contributed by atoms with Crippen molar-refractivity contribution in [1.29, 1.82) is 0 Å². The van der Waals surface area contributed by atoms with Crippen LogP contribution in [0.3, 0.4) is 0 Å². The first-order valence-electron chi connectivity index (χ1n) is 10.1. The summed E-state index contributed by atoms with van der Waals surface area (Å²) < 4.78 is 42.2. The number of aromatic nitrogens is 2. The first-order chi connectivity index (χ1) is 15.7. The molecule has 0 saturated carbocycles. The molecule has 0 fully saturated rings. The summed E-state index contributed by atoms with van der Waals surface area (Å²) in [5, 5.41) is 2.30. The Labute approximate surface area is 192 Å². The van der Waals surface area contributed by atoms with Crippen molar-refractivity contribution in [3.8, 4) is 5.69 Å². The van der Waals surface area contributed by atoms with E-state index in [1.54, 1.807) is 23.8 Å². The molecule has 170 valence electrons. The molecule has 0 spiro atoms. The van der Waals surface area contributed by atoms with Gasteiger partial charge in [0.1, 0.15) is 5.56 Å². The van der Waals surface area contributed by atoms with Gasteiger partial charge in [-0.1, -0.05) is 12.1 Å². The van der Waals surface area contributed by atoms with E-state index in [9.17, 15) is 22.8 Å². The van der Waals surface area contributed by atoms with Crippen molar-refractivity contribution in [2.75, 3.05) is 6.54 Å². The van der Waals surface area contributed by atoms with Crippen LogP contribution in [0.15, 0.2) is 71.0 Å². The predicted octanol–water partition coefficient (Wildman–Crippen LogP) is 4.87. The SMILES string of the molecule is C=CCNC(=O)c1c2n(c(C)cc1=O)-c1cc(C(F)(F)F)ccc1S[C@H](c1ccccn1)C2. The van der Waals surface area contributed by atoms with Crippen molar-refractivity contribution in [3.05, 3.63) is 99.7 Å². The summed E-state index contributed by atoms with van der Waals surface area (Å²) >= 11 is 1.36. The number of rotatable bonds is 4. The second-order valence-electron chi connectivity index (χ2n) is 7.55. The number of amides is 1. The number of nitrogens with one attached hydrogen (secondary N) is 1. The van der Waals surface area contributed by atoms with E-state index in [1.807, 2.05) is 12.1 Å². The van der Waals surface area contributed by atoms with Gasteiger partial charge in [-0.15, -0.1) is 18.3 Å². The van der Waals surface area contributed by atoms with Crippen molar-refractivity contribution in [3.63, 3.8) is 0 Å². The van der Waals surface area contributed by atoms with Crippen LogP contribution in [0.25, 0.3) is 5.69 Å². The topological polar surface area (TPSA) is 64.0 Å². The summed E-state index contributed by atoms with van der Waals surface area (Å²) in [6.45, 7) is 5.36. The van der Waals surface area contributed by atoms with E-state index in [0.29, 0.717) is 22.0 Å². The number of pyridine rings is 2. The third-order valence-corrected chi connectivity index (χ3v) is 6.62. The maximum absolute atomic E-state index is 13.5. The molecule has 5 nitrogen and oxygen atoms in total. The minimum absolute atomic E-state index is 0.0887. The van der Waals surface area contributed by atoms with Gasteiger partial charge in [0.05, 0.1) is 22.2 Å². The second-order valence-corrected chi connectivity index (χ2v) is 8.80. The molecule has 1 aromatic carbocycles. The van der Waals surface area contributed by atoms with Gasteiger partial charge in [-0.05, 0) is 37.3 Å². The number of alkyl halides is 3. The summed E-state index contributed by atoms with van der Waals surface area (Å²) in [5.41, 5.74) is 0.391. The van der Waals surface area contributed by atoms with E-state index in [1.165, 1.54) is 30.0 Å². The van der Waals surface area contributed by atoms with Gasteiger partial charge in [0.2, 0.25) is 0 Å². The van der Waals surface area contributed by atoms with E-state index in [-0.39, 0.29) is 29.5 Å². The lowest BCUT2D eigenvalue weighted by molar-refractivity contribution is -0.137. The summed E-state index contributed by atoms with van der Waals surface area (Å²) in [6, 6.07) is 10.2. The van der Waals surface area contributed by atoms with E-state index in [2.05, 4.69) is 16.9 Å². The lowest BCUT2D eigenvalue weighted by Gasteiger charge is -2.20. The Hall–Kier alpha value is -3.33. The molecular formula is C24H20F3N3O2S. The minimum atomic E-state index is -4.54. The van der Waals surface area contributed by atoms with Crippen LogP contribution < -0.4 is 10.7 Å². The third-order valence-electron chi connectivity index (χ3n) is 5.32. The number of carbonyl (C=O) groups excluding carboxylic acids is 1. The third kappa shape index (κ3) is 4.45. The Kier molecular flexibility index (Phi) is 6.16. The first-order valence-corrected chi connectivity index (χ1v) is 11.0. The first kappa shape index (κ1) is 22.8. The Balaban J connectivity index is 2.01. The van der Waals surface area contributed by atoms with Crippen molar-refractivity contribution in [1.82, 2.24) is 14.9 Å². The summed E-state index contributed by atoms with van der Waals surface area (Å²) in [7, 11) is 0. The van der Waals surface area contributed by atoms with E-state index >= 15 is 0 Å². The Morgan fingerprint density at radius 1 is 1.30 bits per heavy atom. The predicted molar refractivity (Wildman–Crippen MR) is 121 cm³/mol. The molecule has 1 aliphatic heterocycles. The molecule has 1 atom stereocenters. The molecule has 0 saturated heterocycles. The van der Waals surface area contributed by atoms with Gasteiger partial charge >= 0.3 is 6.18 Å². The molecule has 0 bridgehead atoms. The van der Waals surface area contributed by atoms with Crippen molar-refractivity contribution < 1.29 is 18.0 Å². The number of benzene rings is 1. The molecule has 33 heavy (non-hydrogen) atoms. The fourth-order valence-corrected chi connectivity index (χ4v) is 5.11. The molecule has 1 aliphatic rings. The molecule has 0 aliphatic carbocycles. The lowest BCUT2D eigenvalue weighted by atomic mass is 10.0. The molecule has 0 unspecified atom stereocenters. The van der Waals surface area contributed by atoms with Crippen molar-refractivity contribution in [2.24, 2.45) is 0 Å². The summed E-state index contributed by atoms with van der Waals surface area (Å²) in [4.78, 5) is 30.8. The van der Waals surface area contributed by atoms with Crippen LogP contribution in [0, 0.1) is 6.92 Å². The number of halogens is 3. The highest BCUT2D eigenvalue weighted by molar-refractivity contribution is 7.99. The molecule has 1 amide bonds. The molecule has 3 heterocycles. The standard InChI is InChI=1S/C24H20F3N3O2S/c1-3-9-29-23(32)22-18-13-21(16-6-4-5-10-28-16)33-20-8-7-15(24(25,26)27)12-17(20)30(18)14(2)11-19(22)31/h3-8,10-12,21H,1,9,13H2,2H3,(H,29,32)/t21-/m0/s1. The number of carbonyl (C=O) groups is 1. The number of hydrogen-bond donors (Lipinski definition) is 1. The maximum Gasteiger partial charge on any atom is 0.416 e. The van der Waals surface area contributed by atoms with Crippen molar-refractivity contribution in [2.45, 2.75) is 29.7 Å². The number of fused-ring (bicyclic) bond motifs is 3. The van der Waals surface area contributed by atoms with Crippen LogP contribution in [0.5, 0.6) is 0 Å². The highest BCUT2D eigenvalue weighted by Crippen LogP contribution is 2.45. The molecule has 9 heteroatoms. The lowest BCUT2D eigenvalue weighted by Crippen LogP contribution is -2.32. The Morgan fingerprint density at radius 3 is 2.76 bits per heavy atom. The van der Waals surface area contributed by atoms with E-state index in [0.717, 1.165) is 12.1 Å². The summed E-state index contributed by atoms with van der Waals surface area (Å²) in [5.74, 6) is -0.594. The fraction of sp³-hybridized carbons (Fsp3) is 0.208. The molecule has 4 rings (SSSR count). The highest BCUT2D eigenvalue weighted by atomic mass is 32.2. The average molecular weight is 472 g/mol. The molecule has 1 N–H and O–H groups in total. The zero-order chi connectivity index (χ0) is 23.8. The van der Waals surface area contributed by atoms with Gasteiger partial charge in [0, 0.05) is 41.5 Å². The average Bonchev–Trinajstić information content (AvgIpc) is 2.94. The van der Waals surface area contributed by atoms with Gasteiger partial charge in [-0.25, -0.2) is 0 Å². The Bertz CT molecular complexity index is 1290. The smallest absolute Gasteiger partial charge is 0.348 e. The molecule has 0 radical (unpaired) electrons. The number of hydrogen-bond acceptors (Lipinski definition) is 4. The largest absolute Gasteiger partial charge is 0.416 e. The number of nitrogens with zero attached hydrogens (tertiary/aromatic N) is 2. The van der Waals surface area contributed by atoms with Crippen LogP contribution in [0.4, 0.5) is 13.2 Å². The van der Waals surface area contributed by atoms with Gasteiger partial charge in [0.25, 0.3) is 5.91 Å². The van der Waals surface area contributed by atoms with Crippen molar-refractivity contribution >= 4 is 17.7 Å².